The van der Waals surface area contributed by atoms with Crippen LogP contribution in [0.5, 0.6) is 0 Å². The summed E-state index contributed by atoms with van der Waals surface area (Å²) in [4.78, 5) is 19.1. The van der Waals surface area contributed by atoms with Gasteiger partial charge in [0.15, 0.2) is 0 Å². The van der Waals surface area contributed by atoms with E-state index in [9.17, 15) is 9.59 Å². The van der Waals surface area contributed by atoms with Crippen LogP contribution in [0.1, 0.15) is 0 Å². The zero-order chi connectivity index (χ0) is 13.4. The average Bonchev–Trinajstić information content (AvgIpc) is 2.27. The number of hydrogen-bond acceptors (Lipinski definition) is 6. The van der Waals surface area contributed by atoms with Gasteiger partial charge >= 0.3 is 11.9 Å². The number of aliphatic hydroxyl groups excluding tert-OH is 2. The fourth-order valence-electron chi connectivity index (χ4n) is 0.143. The van der Waals surface area contributed by atoms with E-state index in [0.717, 1.165) is 0 Å². The highest BCUT2D eigenvalue weighted by Gasteiger charge is 1.88. The third kappa shape index (κ3) is 54.5. The zero-order valence-electron chi connectivity index (χ0n) is 8.74. The molecule has 16 heavy (non-hydrogen) atoms. The Bertz CT molecular complexity index is 171. The molecule has 0 atom stereocenters. The lowest BCUT2D eigenvalue weighted by molar-refractivity contribution is -0.134. The number of carboxylic acids is 2. The molecule has 0 aromatic rings. The predicted octanol–water partition coefficient (Wildman–Crippen LogP) is -2.41. The molecule has 0 amide bonds. The van der Waals surface area contributed by atoms with Crippen molar-refractivity contribution < 1.29 is 30.0 Å². The number of nitrogens with two attached hydrogens (primary N) is 2. The first-order valence-electron chi connectivity index (χ1n) is 4.22. The van der Waals surface area contributed by atoms with E-state index in [2.05, 4.69) is 0 Å². The van der Waals surface area contributed by atoms with E-state index in [1.165, 1.54) is 0 Å². The molecule has 0 unspecified atom stereocenters. The highest BCUT2D eigenvalue weighted by molar-refractivity contribution is 5.89. The molecule has 96 valence electrons. The molecule has 0 saturated carbocycles. The van der Waals surface area contributed by atoms with Crippen molar-refractivity contribution in [1.29, 1.82) is 0 Å². The molecule has 0 rings (SSSR count). The fraction of sp³-hybridized carbons (Fsp3) is 0.500. The second-order valence-corrected chi connectivity index (χ2v) is 2.03. The Morgan fingerprint density at radius 1 is 0.875 bits per heavy atom. The van der Waals surface area contributed by atoms with Gasteiger partial charge in [-0.1, -0.05) is 0 Å². The van der Waals surface area contributed by atoms with Crippen molar-refractivity contribution in [2.75, 3.05) is 26.3 Å². The van der Waals surface area contributed by atoms with Crippen LogP contribution in [-0.2, 0) is 9.59 Å². The van der Waals surface area contributed by atoms with Gasteiger partial charge in [-0.15, -0.1) is 0 Å². The number of hydrogen-bond donors (Lipinski definition) is 6. The Labute approximate surface area is 92.8 Å². The first-order valence-corrected chi connectivity index (χ1v) is 4.22. The van der Waals surface area contributed by atoms with E-state index in [0.29, 0.717) is 25.2 Å². The van der Waals surface area contributed by atoms with E-state index in [1.807, 2.05) is 0 Å². The summed E-state index contributed by atoms with van der Waals surface area (Å²) in [7, 11) is 0. The first kappa shape index (κ1) is 20.0. The van der Waals surface area contributed by atoms with E-state index >= 15 is 0 Å². The minimum absolute atomic E-state index is 0.0972. The molecule has 0 saturated heterocycles. The summed E-state index contributed by atoms with van der Waals surface area (Å²) in [5, 5.41) is 31.1. The van der Waals surface area contributed by atoms with Crippen LogP contribution in [0.15, 0.2) is 12.2 Å². The molecule has 8 N–H and O–H groups in total. The van der Waals surface area contributed by atoms with Crippen LogP contribution in [0.25, 0.3) is 0 Å². The van der Waals surface area contributed by atoms with Crippen LogP contribution in [0.4, 0.5) is 0 Å². The molecule has 8 nitrogen and oxygen atoms in total. The molecule has 0 heterocycles. The molecule has 0 radical (unpaired) electrons. The summed E-state index contributed by atoms with van der Waals surface area (Å²) in [5.74, 6) is -2.51. The predicted molar refractivity (Wildman–Crippen MR) is 56.7 cm³/mol. The summed E-state index contributed by atoms with van der Waals surface area (Å²) < 4.78 is 0. The molecule has 8 heteroatoms. The van der Waals surface area contributed by atoms with Crippen molar-refractivity contribution >= 4 is 11.9 Å². The van der Waals surface area contributed by atoms with Gasteiger partial charge in [-0.3, -0.25) is 0 Å². The van der Waals surface area contributed by atoms with Gasteiger partial charge in [0, 0.05) is 25.2 Å². The maximum atomic E-state index is 9.55. The molecule has 0 bridgehead atoms. The van der Waals surface area contributed by atoms with Gasteiger partial charge in [0.2, 0.25) is 0 Å². The smallest absolute Gasteiger partial charge is 0.328 e. The number of aliphatic hydroxyl groups is 2. The Kier molecular flexibility index (Phi) is 23.9. The fourth-order valence-corrected chi connectivity index (χ4v) is 0.143. The second kappa shape index (κ2) is 19.1. The molecule has 0 aliphatic carbocycles. The Balaban J connectivity index is -0.000000179. The number of aliphatic carboxylic acids is 2. The van der Waals surface area contributed by atoms with Crippen molar-refractivity contribution in [2.45, 2.75) is 0 Å². The van der Waals surface area contributed by atoms with E-state index in [4.69, 9.17) is 31.9 Å². The van der Waals surface area contributed by atoms with Crippen LogP contribution in [0.3, 0.4) is 0 Å². The van der Waals surface area contributed by atoms with Gasteiger partial charge in [-0.05, 0) is 0 Å². The van der Waals surface area contributed by atoms with Crippen LogP contribution in [0.2, 0.25) is 0 Å². The summed E-state index contributed by atoms with van der Waals surface area (Å²) in [6.07, 6.45) is 1.12. The summed E-state index contributed by atoms with van der Waals surface area (Å²) >= 11 is 0. The van der Waals surface area contributed by atoms with Crippen molar-refractivity contribution in [2.24, 2.45) is 11.5 Å². The molecule has 0 aromatic carbocycles. The lowest BCUT2D eigenvalue weighted by atomic mass is 10.5. The normalized spacial score (nSPS) is 8.50. The second-order valence-electron chi connectivity index (χ2n) is 2.03. The third-order valence-corrected chi connectivity index (χ3v) is 0.627. The van der Waals surface area contributed by atoms with Crippen molar-refractivity contribution in [3.8, 4) is 0 Å². The largest absolute Gasteiger partial charge is 0.478 e. The van der Waals surface area contributed by atoms with Gasteiger partial charge in [0.25, 0.3) is 0 Å². The zero-order valence-corrected chi connectivity index (χ0v) is 8.74. The summed E-state index contributed by atoms with van der Waals surface area (Å²) in [5.41, 5.74) is 9.56. The molecule has 0 aliphatic heterocycles. The SMILES string of the molecule is NCCO.NCCO.O=C(O)/C=C/C(=O)O. The topological polar surface area (TPSA) is 167 Å². The summed E-state index contributed by atoms with van der Waals surface area (Å²) in [6, 6.07) is 0. The minimum Gasteiger partial charge on any atom is -0.478 e. The van der Waals surface area contributed by atoms with Gasteiger partial charge < -0.3 is 31.9 Å². The lowest BCUT2D eigenvalue weighted by Crippen LogP contribution is -2.02. The maximum Gasteiger partial charge on any atom is 0.328 e. The Morgan fingerprint density at radius 3 is 1.12 bits per heavy atom. The molecule has 0 aliphatic rings. The molecule has 0 spiro atoms. The minimum atomic E-state index is -1.26. The van der Waals surface area contributed by atoms with Crippen LogP contribution in [-0.4, -0.2) is 58.7 Å². The molecule has 0 aromatic heterocycles. The van der Waals surface area contributed by atoms with Crippen molar-refractivity contribution in [3.05, 3.63) is 12.2 Å². The van der Waals surface area contributed by atoms with E-state index in [1.54, 1.807) is 0 Å². The highest BCUT2D eigenvalue weighted by atomic mass is 16.4. The molecular formula is C8H18N2O6. The number of rotatable bonds is 4. The average molecular weight is 238 g/mol. The highest BCUT2D eigenvalue weighted by Crippen LogP contribution is 1.70. The maximum absolute atomic E-state index is 9.55. The van der Waals surface area contributed by atoms with Gasteiger partial charge in [0.05, 0.1) is 13.2 Å². The van der Waals surface area contributed by atoms with Gasteiger partial charge in [-0.2, -0.15) is 0 Å². The van der Waals surface area contributed by atoms with Crippen LogP contribution >= 0.6 is 0 Å². The van der Waals surface area contributed by atoms with E-state index in [-0.39, 0.29) is 13.2 Å². The van der Waals surface area contributed by atoms with Gasteiger partial charge in [0.1, 0.15) is 0 Å². The summed E-state index contributed by atoms with van der Waals surface area (Å²) in [6.45, 7) is 0.944. The first-order chi connectivity index (χ1) is 7.45. The van der Waals surface area contributed by atoms with Crippen LogP contribution < -0.4 is 11.5 Å². The van der Waals surface area contributed by atoms with Gasteiger partial charge in [-0.25, -0.2) is 9.59 Å². The van der Waals surface area contributed by atoms with Crippen molar-refractivity contribution in [3.63, 3.8) is 0 Å². The van der Waals surface area contributed by atoms with E-state index < -0.39 is 11.9 Å². The monoisotopic (exact) mass is 238 g/mol. The van der Waals surface area contributed by atoms with Crippen LogP contribution in [0, 0.1) is 0 Å². The molecule has 0 fully saturated rings. The standard InChI is InChI=1S/C4H4O4.2C2H7NO/c5-3(6)1-2-4(7)8;2*3-1-2-4/h1-2H,(H,5,6)(H,7,8);2*4H,1-3H2/b2-1+;;. The third-order valence-electron chi connectivity index (χ3n) is 0.627. The molecular weight excluding hydrogens is 220 g/mol. The number of carbonyl (C=O) groups is 2. The van der Waals surface area contributed by atoms with Crippen molar-refractivity contribution in [1.82, 2.24) is 0 Å². The lowest BCUT2D eigenvalue weighted by Gasteiger charge is -1.74. The Morgan fingerprint density at radius 2 is 1.06 bits per heavy atom. The number of carboxylic acid groups (broad SMARTS) is 2. The Hall–Kier alpha value is -1.48. The quantitative estimate of drug-likeness (QED) is 0.294.